The zero-order chi connectivity index (χ0) is 15.5. The average molecular weight is 330 g/mol. The van der Waals surface area contributed by atoms with Gasteiger partial charge in [0.2, 0.25) is 0 Å². The lowest BCUT2D eigenvalue weighted by Crippen LogP contribution is -2.35. The Balaban J connectivity index is 1.66. The average Bonchev–Trinajstić information content (AvgIpc) is 2.89. The van der Waals surface area contributed by atoms with Gasteiger partial charge in [0.25, 0.3) is 0 Å². The van der Waals surface area contributed by atoms with Gasteiger partial charge < -0.3 is 10.6 Å². The van der Waals surface area contributed by atoms with Crippen molar-refractivity contribution >= 4 is 50.1 Å². The fourth-order valence-electron chi connectivity index (χ4n) is 1.88. The standard InChI is InChI=1S/C15H12ClN5S/c16-10-7-5-9(6-8-10)13(17)20-14(18)21-15-19-11-3-1-2-4-12(11)22-15/h1-8H,(H4,17,18,19,20,21). The number of guanidine groups is 1. The molecule has 7 heteroatoms. The van der Waals surface area contributed by atoms with Crippen molar-refractivity contribution in [2.75, 3.05) is 5.32 Å². The summed E-state index contributed by atoms with van der Waals surface area (Å²) in [5.41, 5.74) is 1.54. The molecule has 0 radical (unpaired) electrons. The summed E-state index contributed by atoms with van der Waals surface area (Å²) in [5, 5.41) is 22.6. The molecule has 3 aromatic rings. The van der Waals surface area contributed by atoms with Crippen LogP contribution in [0.4, 0.5) is 5.13 Å². The van der Waals surface area contributed by atoms with E-state index in [1.54, 1.807) is 24.3 Å². The van der Waals surface area contributed by atoms with Gasteiger partial charge in [-0.25, -0.2) is 4.98 Å². The van der Waals surface area contributed by atoms with Crippen LogP contribution in [0.3, 0.4) is 0 Å². The van der Waals surface area contributed by atoms with Crippen molar-refractivity contribution in [2.45, 2.75) is 0 Å². The second-order valence-electron chi connectivity index (χ2n) is 4.49. The van der Waals surface area contributed by atoms with Crippen molar-refractivity contribution < 1.29 is 0 Å². The lowest BCUT2D eigenvalue weighted by molar-refractivity contribution is 1.22. The maximum atomic E-state index is 7.95. The Bertz CT molecular complexity index is 808. The van der Waals surface area contributed by atoms with Crippen molar-refractivity contribution in [1.82, 2.24) is 10.3 Å². The Labute approximate surface area is 136 Å². The van der Waals surface area contributed by atoms with Gasteiger partial charge in [-0.15, -0.1) is 0 Å². The quantitative estimate of drug-likeness (QED) is 0.425. The second kappa shape index (κ2) is 6.13. The largest absolute Gasteiger partial charge is 0.311 e. The molecule has 0 amide bonds. The number of amidine groups is 1. The van der Waals surface area contributed by atoms with Gasteiger partial charge in [0.05, 0.1) is 10.2 Å². The molecule has 0 saturated carbocycles. The van der Waals surface area contributed by atoms with Gasteiger partial charge in [0.1, 0.15) is 5.84 Å². The third kappa shape index (κ3) is 3.24. The van der Waals surface area contributed by atoms with E-state index in [1.165, 1.54) is 11.3 Å². The minimum Gasteiger partial charge on any atom is -0.311 e. The number of halogens is 1. The third-order valence-corrected chi connectivity index (χ3v) is 4.11. The van der Waals surface area contributed by atoms with Gasteiger partial charge in [0.15, 0.2) is 11.1 Å². The van der Waals surface area contributed by atoms with Crippen LogP contribution in [-0.4, -0.2) is 16.8 Å². The first-order valence-corrected chi connectivity index (χ1v) is 7.64. The normalized spacial score (nSPS) is 10.4. The van der Waals surface area contributed by atoms with E-state index < -0.39 is 0 Å². The number of benzene rings is 2. The van der Waals surface area contributed by atoms with Crippen LogP contribution in [0.25, 0.3) is 10.2 Å². The predicted octanol–water partition coefficient (Wildman–Crippen LogP) is 3.91. The van der Waals surface area contributed by atoms with Gasteiger partial charge in [-0.3, -0.25) is 10.8 Å². The number of nitrogens with one attached hydrogen (secondary N) is 4. The Morgan fingerprint density at radius 3 is 2.50 bits per heavy atom. The lowest BCUT2D eigenvalue weighted by atomic mass is 10.2. The number of nitrogens with zero attached hydrogens (tertiary/aromatic N) is 1. The van der Waals surface area contributed by atoms with Crippen LogP contribution >= 0.6 is 22.9 Å². The third-order valence-electron chi connectivity index (χ3n) is 2.91. The highest BCUT2D eigenvalue weighted by molar-refractivity contribution is 7.22. The smallest absolute Gasteiger partial charge is 0.200 e. The highest BCUT2D eigenvalue weighted by Gasteiger charge is 2.07. The molecule has 1 aromatic heterocycles. The summed E-state index contributed by atoms with van der Waals surface area (Å²) in [6.07, 6.45) is 0. The van der Waals surface area contributed by atoms with Crippen molar-refractivity contribution in [1.29, 1.82) is 10.8 Å². The van der Waals surface area contributed by atoms with E-state index in [2.05, 4.69) is 15.6 Å². The minimum absolute atomic E-state index is 0.000920. The van der Waals surface area contributed by atoms with Crippen LogP contribution in [0.2, 0.25) is 5.02 Å². The van der Waals surface area contributed by atoms with E-state index in [4.69, 9.17) is 22.4 Å². The molecule has 0 fully saturated rings. The molecule has 22 heavy (non-hydrogen) atoms. The molecule has 110 valence electrons. The number of hydrogen-bond donors (Lipinski definition) is 4. The maximum Gasteiger partial charge on any atom is 0.200 e. The number of fused-ring (bicyclic) bond motifs is 1. The molecule has 0 aliphatic carbocycles. The molecule has 0 atom stereocenters. The van der Waals surface area contributed by atoms with Crippen LogP contribution in [0.1, 0.15) is 5.56 Å². The summed E-state index contributed by atoms with van der Waals surface area (Å²) < 4.78 is 1.05. The van der Waals surface area contributed by atoms with Crippen LogP contribution in [0, 0.1) is 10.8 Å². The van der Waals surface area contributed by atoms with Crippen molar-refractivity contribution in [3.63, 3.8) is 0 Å². The first-order chi connectivity index (χ1) is 10.6. The zero-order valence-corrected chi connectivity index (χ0v) is 12.9. The van der Waals surface area contributed by atoms with Gasteiger partial charge >= 0.3 is 0 Å². The van der Waals surface area contributed by atoms with Gasteiger partial charge in [-0.1, -0.05) is 35.1 Å². The van der Waals surface area contributed by atoms with E-state index in [0.717, 1.165) is 10.2 Å². The first-order valence-electron chi connectivity index (χ1n) is 6.44. The molecule has 0 bridgehead atoms. The van der Waals surface area contributed by atoms with Crippen molar-refractivity contribution in [3.05, 3.63) is 59.1 Å². The van der Waals surface area contributed by atoms with E-state index >= 15 is 0 Å². The minimum atomic E-state index is -0.000920. The topological polar surface area (TPSA) is 84.7 Å². The molecule has 2 aromatic carbocycles. The monoisotopic (exact) mass is 329 g/mol. The molecular formula is C15H12ClN5S. The molecule has 0 saturated heterocycles. The Morgan fingerprint density at radius 2 is 1.77 bits per heavy atom. The summed E-state index contributed by atoms with van der Waals surface area (Å²) in [7, 11) is 0. The van der Waals surface area contributed by atoms with E-state index in [0.29, 0.717) is 15.7 Å². The maximum absolute atomic E-state index is 7.95. The molecule has 1 heterocycles. The molecule has 0 unspecified atom stereocenters. The fraction of sp³-hybridized carbons (Fsp3) is 0. The number of para-hydroxylation sites is 1. The number of rotatable bonds is 2. The number of aromatic nitrogens is 1. The van der Waals surface area contributed by atoms with E-state index in [9.17, 15) is 0 Å². The van der Waals surface area contributed by atoms with E-state index in [-0.39, 0.29) is 11.8 Å². The summed E-state index contributed by atoms with van der Waals surface area (Å²) in [4.78, 5) is 4.38. The lowest BCUT2D eigenvalue weighted by Gasteiger charge is -2.09. The Kier molecular flexibility index (Phi) is 4.04. The fourth-order valence-corrected chi connectivity index (χ4v) is 2.87. The highest BCUT2D eigenvalue weighted by atomic mass is 35.5. The van der Waals surface area contributed by atoms with E-state index in [1.807, 2.05) is 24.3 Å². The predicted molar refractivity (Wildman–Crippen MR) is 92.4 cm³/mol. The molecule has 4 N–H and O–H groups in total. The molecular weight excluding hydrogens is 318 g/mol. The SMILES string of the molecule is N=C(NC(=N)c1ccc(Cl)cc1)Nc1nc2ccccc2s1. The molecule has 0 aliphatic heterocycles. The summed E-state index contributed by atoms with van der Waals surface area (Å²) in [6, 6.07) is 14.6. The summed E-state index contributed by atoms with van der Waals surface area (Å²) in [6.45, 7) is 0. The number of thiazole rings is 1. The molecule has 5 nitrogen and oxygen atoms in total. The van der Waals surface area contributed by atoms with Gasteiger partial charge in [0, 0.05) is 10.6 Å². The van der Waals surface area contributed by atoms with Crippen LogP contribution in [0.5, 0.6) is 0 Å². The van der Waals surface area contributed by atoms with Crippen LogP contribution in [0.15, 0.2) is 48.5 Å². The Hall–Kier alpha value is -2.44. The van der Waals surface area contributed by atoms with Crippen molar-refractivity contribution in [2.24, 2.45) is 0 Å². The van der Waals surface area contributed by atoms with Crippen molar-refractivity contribution in [3.8, 4) is 0 Å². The Morgan fingerprint density at radius 1 is 1.05 bits per heavy atom. The molecule has 0 aliphatic rings. The van der Waals surface area contributed by atoms with Crippen LogP contribution in [-0.2, 0) is 0 Å². The van der Waals surface area contributed by atoms with Gasteiger partial charge in [-0.05, 0) is 36.4 Å². The van der Waals surface area contributed by atoms with Crippen LogP contribution < -0.4 is 10.6 Å². The molecule has 3 rings (SSSR count). The first kappa shape index (κ1) is 14.5. The number of anilines is 1. The summed E-state index contributed by atoms with van der Waals surface area (Å²) >= 11 is 7.28. The zero-order valence-electron chi connectivity index (χ0n) is 11.4. The van der Waals surface area contributed by atoms with Gasteiger partial charge in [-0.2, -0.15) is 0 Å². The highest BCUT2D eigenvalue weighted by Crippen LogP contribution is 2.25. The second-order valence-corrected chi connectivity index (χ2v) is 5.96. The summed E-state index contributed by atoms with van der Waals surface area (Å²) in [5.74, 6) is 0.120. The molecule has 0 spiro atoms. The number of hydrogen-bond acceptors (Lipinski definition) is 4.